The summed E-state index contributed by atoms with van der Waals surface area (Å²) in [5.41, 5.74) is -0.628. The molecule has 27 heavy (non-hydrogen) atoms. The maximum atomic E-state index is 13.0. The third-order valence-corrected chi connectivity index (χ3v) is 4.75. The van der Waals surface area contributed by atoms with E-state index in [2.05, 4.69) is 21.2 Å². The van der Waals surface area contributed by atoms with Crippen LogP contribution in [0.5, 0.6) is 5.75 Å². The number of nitrogens with one attached hydrogen (secondary N) is 1. The van der Waals surface area contributed by atoms with Gasteiger partial charge >= 0.3 is 17.5 Å². The summed E-state index contributed by atoms with van der Waals surface area (Å²) < 4.78 is 17.4. The Balaban J connectivity index is 2.18. The van der Waals surface area contributed by atoms with Crippen molar-refractivity contribution in [3.05, 3.63) is 58.6 Å². The Morgan fingerprint density at radius 2 is 1.63 bits per heavy atom. The smallest absolute Gasteiger partial charge is 0.365 e. The maximum absolute atomic E-state index is 13.0. The van der Waals surface area contributed by atoms with Crippen LogP contribution in [-0.4, -0.2) is 30.8 Å². The van der Waals surface area contributed by atoms with E-state index in [4.69, 9.17) is 14.2 Å². The van der Waals surface area contributed by atoms with Crippen molar-refractivity contribution in [3.8, 4) is 5.75 Å². The fourth-order valence-electron chi connectivity index (χ4n) is 3.02. The van der Waals surface area contributed by atoms with Crippen LogP contribution in [0.4, 0.5) is 5.69 Å². The van der Waals surface area contributed by atoms with E-state index in [-0.39, 0.29) is 13.2 Å². The molecule has 0 fully saturated rings. The molecule has 0 saturated carbocycles. The molecule has 1 aliphatic heterocycles. The number of esters is 2. The van der Waals surface area contributed by atoms with Gasteiger partial charge in [0.2, 0.25) is 0 Å². The average Bonchev–Trinajstić information content (AvgIpc) is 2.67. The number of hydrogen-bond donors (Lipinski definition) is 1. The zero-order valence-electron chi connectivity index (χ0n) is 15.0. The molecular formula is C20H20BrNO5. The number of para-hydroxylation sites is 2. The predicted molar refractivity (Wildman–Crippen MR) is 104 cm³/mol. The fraction of sp³-hybridized carbons (Fsp3) is 0.300. The van der Waals surface area contributed by atoms with Gasteiger partial charge in [-0.2, -0.15) is 0 Å². The molecule has 7 heteroatoms. The molecule has 0 aliphatic carbocycles. The summed E-state index contributed by atoms with van der Waals surface area (Å²) in [5, 5.41) is 3.26. The molecule has 1 atom stereocenters. The van der Waals surface area contributed by atoms with Gasteiger partial charge in [-0.15, -0.1) is 0 Å². The third kappa shape index (κ3) is 3.51. The number of benzene rings is 2. The van der Waals surface area contributed by atoms with Gasteiger partial charge in [0, 0.05) is 4.47 Å². The highest BCUT2D eigenvalue weighted by atomic mass is 79.9. The summed E-state index contributed by atoms with van der Waals surface area (Å²) in [5.74, 6) is -1.20. The van der Waals surface area contributed by atoms with Crippen molar-refractivity contribution < 1.29 is 23.8 Å². The molecule has 0 spiro atoms. The fourth-order valence-corrected chi connectivity index (χ4v) is 3.28. The highest BCUT2D eigenvalue weighted by molar-refractivity contribution is 9.10. The first-order chi connectivity index (χ1) is 13.0. The normalized spacial score (nSPS) is 17.1. The minimum absolute atomic E-state index is 0.109. The van der Waals surface area contributed by atoms with Gasteiger partial charge in [0.15, 0.2) is 0 Å². The molecule has 0 saturated heterocycles. The van der Waals surface area contributed by atoms with Gasteiger partial charge < -0.3 is 19.5 Å². The molecular weight excluding hydrogens is 414 g/mol. The summed E-state index contributed by atoms with van der Waals surface area (Å²) in [6.45, 7) is 3.57. The van der Waals surface area contributed by atoms with Crippen molar-refractivity contribution in [1.82, 2.24) is 0 Å². The zero-order chi connectivity index (χ0) is 19.4. The number of ether oxygens (including phenoxy) is 3. The Labute approximate surface area is 165 Å². The molecule has 2 aromatic rings. The first kappa shape index (κ1) is 19.2. The molecule has 0 amide bonds. The van der Waals surface area contributed by atoms with Crippen molar-refractivity contribution in [1.29, 1.82) is 0 Å². The van der Waals surface area contributed by atoms with Crippen LogP contribution < -0.4 is 10.1 Å². The van der Waals surface area contributed by atoms with Crippen molar-refractivity contribution in [2.75, 3.05) is 18.5 Å². The van der Waals surface area contributed by atoms with E-state index in [0.29, 0.717) is 17.0 Å². The SMILES string of the molecule is CCOC(=O)C1(C(=O)OCC)Oc2ccccc2NC1c1ccc(Br)cc1. The largest absolute Gasteiger partial charge is 0.462 e. The molecule has 6 nitrogen and oxygen atoms in total. The lowest BCUT2D eigenvalue weighted by Gasteiger charge is -2.41. The van der Waals surface area contributed by atoms with E-state index < -0.39 is 23.6 Å². The number of fused-ring (bicyclic) bond motifs is 1. The van der Waals surface area contributed by atoms with Gasteiger partial charge in [0.25, 0.3) is 0 Å². The number of carbonyl (C=O) groups is 2. The lowest BCUT2D eigenvalue weighted by molar-refractivity contribution is -0.182. The van der Waals surface area contributed by atoms with Crippen LogP contribution in [-0.2, 0) is 19.1 Å². The molecule has 0 bridgehead atoms. The number of hydrogen-bond acceptors (Lipinski definition) is 6. The van der Waals surface area contributed by atoms with Gasteiger partial charge in [-0.1, -0.05) is 40.2 Å². The second-order valence-corrected chi connectivity index (χ2v) is 6.82. The van der Waals surface area contributed by atoms with Crippen molar-refractivity contribution in [2.45, 2.75) is 25.5 Å². The summed E-state index contributed by atoms with van der Waals surface area (Å²) in [6, 6.07) is 13.6. The van der Waals surface area contributed by atoms with Crippen LogP contribution in [0.15, 0.2) is 53.0 Å². The van der Waals surface area contributed by atoms with E-state index in [1.54, 1.807) is 26.0 Å². The minimum atomic E-state index is -1.99. The Bertz CT molecular complexity index is 819. The topological polar surface area (TPSA) is 73.9 Å². The lowest BCUT2D eigenvalue weighted by Crippen LogP contribution is -2.61. The van der Waals surface area contributed by atoms with Gasteiger partial charge in [-0.05, 0) is 43.7 Å². The molecule has 1 heterocycles. The second kappa shape index (κ2) is 8.00. The molecule has 1 aliphatic rings. The monoisotopic (exact) mass is 433 g/mol. The molecule has 0 aromatic heterocycles. The van der Waals surface area contributed by atoms with Crippen molar-refractivity contribution in [2.24, 2.45) is 0 Å². The number of anilines is 1. The quantitative estimate of drug-likeness (QED) is 0.569. The Kier molecular flexibility index (Phi) is 5.70. The van der Waals surface area contributed by atoms with E-state index in [1.165, 1.54) is 0 Å². The zero-order valence-corrected chi connectivity index (χ0v) is 16.6. The minimum Gasteiger partial charge on any atom is -0.462 e. The standard InChI is InChI=1S/C20H20BrNO5/c1-3-25-18(23)20(19(24)26-4-2)17(13-9-11-14(21)12-10-13)22-15-7-5-6-8-16(15)27-20/h5-12,17,22H,3-4H2,1-2H3. The molecule has 0 radical (unpaired) electrons. The molecule has 2 aromatic carbocycles. The Morgan fingerprint density at radius 3 is 2.22 bits per heavy atom. The molecule has 142 valence electrons. The van der Waals surface area contributed by atoms with Crippen LogP contribution in [0.2, 0.25) is 0 Å². The van der Waals surface area contributed by atoms with Crippen LogP contribution in [0.3, 0.4) is 0 Å². The van der Waals surface area contributed by atoms with Gasteiger partial charge in [0.1, 0.15) is 11.8 Å². The van der Waals surface area contributed by atoms with E-state index in [0.717, 1.165) is 4.47 Å². The van der Waals surface area contributed by atoms with Crippen LogP contribution in [0.25, 0.3) is 0 Å². The Morgan fingerprint density at radius 1 is 1.04 bits per heavy atom. The average molecular weight is 434 g/mol. The summed E-state index contributed by atoms with van der Waals surface area (Å²) in [4.78, 5) is 26.0. The highest BCUT2D eigenvalue weighted by Gasteiger charge is 2.61. The first-order valence-electron chi connectivity index (χ1n) is 8.67. The first-order valence-corrected chi connectivity index (χ1v) is 9.46. The summed E-state index contributed by atoms with van der Waals surface area (Å²) in [6.07, 6.45) is 0. The van der Waals surface area contributed by atoms with Gasteiger partial charge in [-0.25, -0.2) is 9.59 Å². The summed E-state index contributed by atoms with van der Waals surface area (Å²) in [7, 11) is 0. The van der Waals surface area contributed by atoms with Crippen LogP contribution in [0, 0.1) is 0 Å². The number of rotatable bonds is 5. The van der Waals surface area contributed by atoms with E-state index >= 15 is 0 Å². The maximum Gasteiger partial charge on any atom is 0.365 e. The van der Waals surface area contributed by atoms with Crippen LogP contribution >= 0.6 is 15.9 Å². The van der Waals surface area contributed by atoms with E-state index in [9.17, 15) is 9.59 Å². The molecule has 1 unspecified atom stereocenters. The third-order valence-electron chi connectivity index (χ3n) is 4.23. The predicted octanol–water partition coefficient (Wildman–Crippen LogP) is 3.86. The van der Waals surface area contributed by atoms with Crippen LogP contribution in [0.1, 0.15) is 25.5 Å². The van der Waals surface area contributed by atoms with Crippen molar-refractivity contribution in [3.63, 3.8) is 0 Å². The molecule has 3 rings (SSSR count). The highest BCUT2D eigenvalue weighted by Crippen LogP contribution is 2.44. The lowest BCUT2D eigenvalue weighted by atomic mass is 9.86. The van der Waals surface area contributed by atoms with Gasteiger partial charge in [0.05, 0.1) is 18.9 Å². The number of halogens is 1. The van der Waals surface area contributed by atoms with Gasteiger partial charge in [-0.3, -0.25) is 0 Å². The summed E-state index contributed by atoms with van der Waals surface area (Å²) >= 11 is 3.40. The second-order valence-electron chi connectivity index (χ2n) is 5.90. The molecule has 1 N–H and O–H groups in total. The Hall–Kier alpha value is -2.54. The van der Waals surface area contributed by atoms with E-state index in [1.807, 2.05) is 36.4 Å². The number of carbonyl (C=O) groups excluding carboxylic acids is 2. The van der Waals surface area contributed by atoms with Crippen molar-refractivity contribution >= 4 is 33.6 Å².